The molecule has 0 aromatic carbocycles. The Morgan fingerprint density at radius 1 is 1.42 bits per heavy atom. The Labute approximate surface area is 67.7 Å². The van der Waals surface area contributed by atoms with Crippen molar-refractivity contribution in [3.8, 4) is 5.82 Å². The van der Waals surface area contributed by atoms with Crippen LogP contribution in [0.4, 0.5) is 0 Å². The van der Waals surface area contributed by atoms with Gasteiger partial charge in [-0.25, -0.2) is 9.78 Å². The standard InChI is InChI=1S/C7H6N4O/c12-7-3-2-6(9-10-7)11-5-1-4-8-11/h1-5H,(H,10,12). The summed E-state index contributed by atoms with van der Waals surface area (Å²) in [5.74, 6) is 0.597. The maximum absolute atomic E-state index is 10.6. The van der Waals surface area contributed by atoms with Gasteiger partial charge in [0, 0.05) is 18.5 Å². The van der Waals surface area contributed by atoms with Gasteiger partial charge in [-0.2, -0.15) is 10.2 Å². The number of nitrogens with one attached hydrogen (secondary N) is 1. The number of hydrogen-bond donors (Lipinski definition) is 1. The third-order valence-corrected chi connectivity index (χ3v) is 1.40. The third kappa shape index (κ3) is 1.12. The molecule has 0 aliphatic carbocycles. The molecule has 0 bridgehead atoms. The first-order valence-corrected chi connectivity index (χ1v) is 3.42. The van der Waals surface area contributed by atoms with Gasteiger partial charge in [-0.3, -0.25) is 4.79 Å². The fourth-order valence-corrected chi connectivity index (χ4v) is 0.869. The Morgan fingerprint density at radius 3 is 2.92 bits per heavy atom. The fraction of sp³-hybridized carbons (Fsp3) is 0. The van der Waals surface area contributed by atoms with Crippen LogP contribution in [0.25, 0.3) is 5.82 Å². The summed E-state index contributed by atoms with van der Waals surface area (Å²) in [4.78, 5) is 10.6. The summed E-state index contributed by atoms with van der Waals surface area (Å²) < 4.78 is 1.57. The number of hydrogen-bond acceptors (Lipinski definition) is 3. The van der Waals surface area contributed by atoms with Gasteiger partial charge in [0.15, 0.2) is 5.82 Å². The van der Waals surface area contributed by atoms with E-state index in [1.807, 2.05) is 0 Å². The Kier molecular flexibility index (Phi) is 1.48. The molecule has 2 heterocycles. The van der Waals surface area contributed by atoms with E-state index < -0.39 is 0 Å². The molecule has 0 radical (unpaired) electrons. The Hall–Kier alpha value is -1.91. The van der Waals surface area contributed by atoms with Crippen molar-refractivity contribution in [1.29, 1.82) is 0 Å². The lowest BCUT2D eigenvalue weighted by Gasteiger charge is -1.95. The van der Waals surface area contributed by atoms with E-state index >= 15 is 0 Å². The van der Waals surface area contributed by atoms with Gasteiger partial charge in [0.05, 0.1) is 0 Å². The second-order valence-electron chi connectivity index (χ2n) is 2.23. The first-order chi connectivity index (χ1) is 5.86. The zero-order valence-electron chi connectivity index (χ0n) is 6.14. The minimum absolute atomic E-state index is 0.217. The monoisotopic (exact) mass is 162 g/mol. The van der Waals surface area contributed by atoms with Gasteiger partial charge in [0.1, 0.15) is 0 Å². The van der Waals surface area contributed by atoms with E-state index in [0.717, 1.165) is 0 Å². The van der Waals surface area contributed by atoms with Crippen LogP contribution in [0.5, 0.6) is 0 Å². The molecule has 0 fully saturated rings. The first kappa shape index (κ1) is 6.78. The highest BCUT2D eigenvalue weighted by atomic mass is 16.1. The predicted molar refractivity (Wildman–Crippen MR) is 42.0 cm³/mol. The Balaban J connectivity index is 2.49. The van der Waals surface area contributed by atoms with Crippen LogP contribution >= 0.6 is 0 Å². The topological polar surface area (TPSA) is 63.6 Å². The predicted octanol–water partition coefficient (Wildman–Crippen LogP) is -0.0444. The number of aromatic nitrogens is 4. The molecule has 0 saturated carbocycles. The van der Waals surface area contributed by atoms with Crippen LogP contribution in [0.2, 0.25) is 0 Å². The highest BCUT2D eigenvalue weighted by Gasteiger charge is 1.95. The molecule has 0 saturated heterocycles. The zero-order valence-corrected chi connectivity index (χ0v) is 6.14. The summed E-state index contributed by atoms with van der Waals surface area (Å²) in [6.07, 6.45) is 3.40. The average Bonchev–Trinajstić information content (AvgIpc) is 2.58. The smallest absolute Gasteiger partial charge is 0.264 e. The van der Waals surface area contributed by atoms with Crippen molar-refractivity contribution < 1.29 is 0 Å². The van der Waals surface area contributed by atoms with Crippen LogP contribution in [-0.2, 0) is 0 Å². The second kappa shape index (κ2) is 2.61. The molecule has 0 spiro atoms. The van der Waals surface area contributed by atoms with E-state index in [-0.39, 0.29) is 5.56 Å². The Morgan fingerprint density at radius 2 is 2.33 bits per heavy atom. The third-order valence-electron chi connectivity index (χ3n) is 1.40. The number of H-pyrrole nitrogens is 1. The van der Waals surface area contributed by atoms with Gasteiger partial charge in [0.25, 0.3) is 5.56 Å². The van der Waals surface area contributed by atoms with Crippen molar-refractivity contribution in [2.75, 3.05) is 0 Å². The minimum Gasteiger partial charge on any atom is -0.268 e. The molecule has 0 aliphatic rings. The molecule has 2 rings (SSSR count). The molecule has 5 heteroatoms. The van der Waals surface area contributed by atoms with Crippen LogP contribution in [0.1, 0.15) is 0 Å². The molecule has 12 heavy (non-hydrogen) atoms. The number of nitrogens with zero attached hydrogens (tertiary/aromatic N) is 3. The molecule has 0 unspecified atom stereocenters. The SMILES string of the molecule is O=c1ccc(-n2cccn2)n[nH]1. The molecule has 60 valence electrons. The molecular formula is C7H6N4O. The summed E-state index contributed by atoms with van der Waals surface area (Å²) in [5.41, 5.74) is -0.217. The van der Waals surface area contributed by atoms with Crippen LogP contribution in [0.3, 0.4) is 0 Å². The lowest BCUT2D eigenvalue weighted by molar-refractivity contribution is 0.806. The first-order valence-electron chi connectivity index (χ1n) is 3.42. The molecule has 2 aromatic heterocycles. The van der Waals surface area contributed by atoms with Gasteiger partial charge in [-0.05, 0) is 12.1 Å². The van der Waals surface area contributed by atoms with Crippen molar-refractivity contribution in [1.82, 2.24) is 20.0 Å². The van der Waals surface area contributed by atoms with Crippen LogP contribution in [-0.4, -0.2) is 20.0 Å². The molecule has 2 aromatic rings. The maximum Gasteiger partial charge on any atom is 0.264 e. The van der Waals surface area contributed by atoms with E-state index in [4.69, 9.17) is 0 Å². The summed E-state index contributed by atoms with van der Waals surface area (Å²) in [5, 5.41) is 10.1. The molecule has 1 N–H and O–H groups in total. The van der Waals surface area contributed by atoms with Crippen LogP contribution < -0.4 is 5.56 Å². The van der Waals surface area contributed by atoms with E-state index in [1.54, 1.807) is 29.2 Å². The summed E-state index contributed by atoms with van der Waals surface area (Å²) in [6.45, 7) is 0. The van der Waals surface area contributed by atoms with E-state index in [1.165, 1.54) is 6.07 Å². The number of rotatable bonds is 1. The largest absolute Gasteiger partial charge is 0.268 e. The van der Waals surface area contributed by atoms with E-state index in [2.05, 4.69) is 15.3 Å². The van der Waals surface area contributed by atoms with Gasteiger partial charge < -0.3 is 0 Å². The second-order valence-corrected chi connectivity index (χ2v) is 2.23. The van der Waals surface area contributed by atoms with Crippen molar-refractivity contribution >= 4 is 0 Å². The van der Waals surface area contributed by atoms with Crippen molar-refractivity contribution in [2.45, 2.75) is 0 Å². The molecular weight excluding hydrogens is 156 g/mol. The molecule has 0 atom stereocenters. The lowest BCUT2D eigenvalue weighted by atomic mass is 10.5. The van der Waals surface area contributed by atoms with Crippen LogP contribution in [0.15, 0.2) is 35.4 Å². The van der Waals surface area contributed by atoms with Crippen molar-refractivity contribution in [3.63, 3.8) is 0 Å². The fourth-order valence-electron chi connectivity index (χ4n) is 0.869. The summed E-state index contributed by atoms with van der Waals surface area (Å²) >= 11 is 0. The number of aromatic amines is 1. The minimum atomic E-state index is -0.217. The van der Waals surface area contributed by atoms with Gasteiger partial charge in [0.2, 0.25) is 0 Å². The average molecular weight is 162 g/mol. The Bertz CT molecular complexity index is 397. The summed E-state index contributed by atoms with van der Waals surface area (Å²) in [7, 11) is 0. The quantitative estimate of drug-likeness (QED) is 0.639. The van der Waals surface area contributed by atoms with E-state index in [0.29, 0.717) is 5.82 Å². The summed E-state index contributed by atoms with van der Waals surface area (Å²) in [6, 6.07) is 4.79. The van der Waals surface area contributed by atoms with Gasteiger partial charge in [-0.15, -0.1) is 0 Å². The van der Waals surface area contributed by atoms with Crippen molar-refractivity contribution in [3.05, 3.63) is 40.9 Å². The molecule has 0 aliphatic heterocycles. The van der Waals surface area contributed by atoms with Gasteiger partial charge in [-0.1, -0.05) is 0 Å². The highest BCUT2D eigenvalue weighted by molar-refractivity contribution is 5.16. The maximum atomic E-state index is 10.6. The van der Waals surface area contributed by atoms with E-state index in [9.17, 15) is 4.79 Å². The normalized spacial score (nSPS) is 10.0. The molecule has 0 amide bonds. The molecule has 5 nitrogen and oxygen atoms in total. The highest BCUT2D eigenvalue weighted by Crippen LogP contribution is 1.95. The van der Waals surface area contributed by atoms with Crippen molar-refractivity contribution in [2.24, 2.45) is 0 Å². The lowest BCUT2D eigenvalue weighted by Crippen LogP contribution is -2.09. The zero-order chi connectivity index (χ0) is 8.39. The van der Waals surface area contributed by atoms with Gasteiger partial charge >= 0.3 is 0 Å². The van der Waals surface area contributed by atoms with Crippen LogP contribution in [0, 0.1) is 0 Å².